The zero-order valence-corrected chi connectivity index (χ0v) is 12.7. The highest BCUT2D eigenvalue weighted by Crippen LogP contribution is 2.15. The molecule has 0 radical (unpaired) electrons. The molecular formula is C10H27N3O3Si. The summed E-state index contributed by atoms with van der Waals surface area (Å²) >= 11 is 0. The van der Waals surface area contributed by atoms with E-state index < -0.39 is 8.80 Å². The highest BCUT2D eigenvalue weighted by molar-refractivity contribution is 6.60. The van der Waals surface area contributed by atoms with E-state index >= 15 is 0 Å². The molecule has 0 aromatic carbocycles. The fourth-order valence-corrected chi connectivity index (χ4v) is 3.41. The van der Waals surface area contributed by atoms with Gasteiger partial charge in [0.15, 0.2) is 0 Å². The topological polar surface area (TPSA) is 60.2 Å². The van der Waals surface area contributed by atoms with E-state index in [9.17, 15) is 0 Å². The molecule has 0 aromatic heterocycles. The SMILES string of the molecule is CCN(N)N(CC)CCC[Si](OC)(OC)OC. The van der Waals surface area contributed by atoms with Crippen LogP contribution in [0.4, 0.5) is 0 Å². The Morgan fingerprint density at radius 1 is 1.00 bits per heavy atom. The minimum Gasteiger partial charge on any atom is -0.377 e. The van der Waals surface area contributed by atoms with Gasteiger partial charge < -0.3 is 13.3 Å². The summed E-state index contributed by atoms with van der Waals surface area (Å²) in [5.74, 6) is 5.85. The minimum absolute atomic E-state index is 0.796. The van der Waals surface area contributed by atoms with Crippen LogP contribution in [0.1, 0.15) is 20.3 Å². The van der Waals surface area contributed by atoms with Crippen LogP contribution in [0.3, 0.4) is 0 Å². The first-order valence-electron chi connectivity index (χ1n) is 6.01. The van der Waals surface area contributed by atoms with Gasteiger partial charge in [-0.1, -0.05) is 6.92 Å². The standard InChI is InChI=1S/C10H27N3O3Si/c1-6-12(13(11)7-2)9-8-10-17(14-3,15-4)16-5/h6-11H2,1-5H3. The van der Waals surface area contributed by atoms with Crippen molar-refractivity contribution in [2.24, 2.45) is 5.84 Å². The number of nitrogens with two attached hydrogens (primary N) is 1. The Kier molecular flexibility index (Phi) is 8.97. The van der Waals surface area contributed by atoms with Crippen LogP contribution in [0.5, 0.6) is 0 Å². The van der Waals surface area contributed by atoms with Gasteiger partial charge in [-0.3, -0.25) is 5.84 Å². The van der Waals surface area contributed by atoms with E-state index in [-0.39, 0.29) is 0 Å². The Labute approximate surface area is 106 Å². The van der Waals surface area contributed by atoms with Gasteiger partial charge in [0.1, 0.15) is 0 Å². The number of hydrazine groups is 2. The monoisotopic (exact) mass is 265 g/mol. The molecule has 0 atom stereocenters. The molecule has 0 rings (SSSR count). The third-order valence-electron chi connectivity index (χ3n) is 2.88. The third-order valence-corrected chi connectivity index (χ3v) is 5.72. The van der Waals surface area contributed by atoms with Gasteiger partial charge in [-0.15, -0.1) is 0 Å². The number of nitrogens with zero attached hydrogens (tertiary/aromatic N) is 2. The highest BCUT2D eigenvalue weighted by atomic mass is 28.4. The van der Waals surface area contributed by atoms with Crippen molar-refractivity contribution < 1.29 is 13.3 Å². The normalized spacial score (nSPS) is 12.7. The molecule has 6 nitrogen and oxygen atoms in total. The van der Waals surface area contributed by atoms with Crippen molar-refractivity contribution in [1.82, 2.24) is 10.1 Å². The second-order valence-electron chi connectivity index (χ2n) is 3.70. The molecule has 0 amide bonds. The summed E-state index contributed by atoms with van der Waals surface area (Å²) in [6.07, 6.45) is 0.934. The Morgan fingerprint density at radius 3 is 1.88 bits per heavy atom. The van der Waals surface area contributed by atoms with Crippen molar-refractivity contribution in [3.05, 3.63) is 0 Å². The summed E-state index contributed by atoms with van der Waals surface area (Å²) in [6, 6.07) is 0.796. The lowest BCUT2D eigenvalue weighted by molar-refractivity contribution is -0.0186. The maximum atomic E-state index is 5.85. The first kappa shape index (κ1) is 17.0. The quantitative estimate of drug-likeness (QED) is 0.356. The lowest BCUT2D eigenvalue weighted by Crippen LogP contribution is -2.48. The van der Waals surface area contributed by atoms with Crippen LogP contribution < -0.4 is 5.84 Å². The smallest absolute Gasteiger partial charge is 0.377 e. The Hall–Kier alpha value is -0.0231. The molecule has 0 unspecified atom stereocenters. The molecule has 0 saturated carbocycles. The molecule has 7 heteroatoms. The lowest BCUT2D eigenvalue weighted by Gasteiger charge is -2.30. The van der Waals surface area contributed by atoms with Gasteiger partial charge in [0, 0.05) is 47.0 Å². The summed E-state index contributed by atoms with van der Waals surface area (Å²) in [5, 5.41) is 3.83. The average Bonchev–Trinajstić information content (AvgIpc) is 2.39. The second kappa shape index (κ2) is 8.98. The van der Waals surface area contributed by atoms with Gasteiger partial charge in [-0.2, -0.15) is 5.12 Å². The van der Waals surface area contributed by atoms with E-state index in [2.05, 4.69) is 11.9 Å². The lowest BCUT2D eigenvalue weighted by atomic mass is 10.4. The Balaban J connectivity index is 4.10. The molecule has 17 heavy (non-hydrogen) atoms. The van der Waals surface area contributed by atoms with Crippen LogP contribution in [0, 0.1) is 0 Å². The van der Waals surface area contributed by atoms with E-state index in [1.54, 1.807) is 26.4 Å². The molecule has 0 bridgehead atoms. The van der Waals surface area contributed by atoms with Crippen LogP contribution in [0.2, 0.25) is 6.04 Å². The van der Waals surface area contributed by atoms with Crippen molar-refractivity contribution in [2.45, 2.75) is 26.3 Å². The summed E-state index contributed by atoms with van der Waals surface area (Å²) in [7, 11) is 2.48. The predicted molar refractivity (Wildman–Crippen MR) is 70.0 cm³/mol. The summed E-state index contributed by atoms with van der Waals surface area (Å²) in [4.78, 5) is 0. The first-order valence-corrected chi connectivity index (χ1v) is 7.94. The molecule has 0 aliphatic heterocycles. The maximum absolute atomic E-state index is 5.85. The van der Waals surface area contributed by atoms with Crippen LogP contribution in [0.25, 0.3) is 0 Å². The zero-order valence-electron chi connectivity index (χ0n) is 11.7. The largest absolute Gasteiger partial charge is 0.500 e. The molecule has 0 spiro atoms. The predicted octanol–water partition coefficient (Wildman–Crippen LogP) is 0.687. The van der Waals surface area contributed by atoms with Crippen molar-refractivity contribution in [3.63, 3.8) is 0 Å². The van der Waals surface area contributed by atoms with Crippen molar-refractivity contribution >= 4 is 8.80 Å². The number of hydrogen-bond donors (Lipinski definition) is 1. The number of rotatable bonds is 10. The molecule has 0 aliphatic carbocycles. The van der Waals surface area contributed by atoms with Gasteiger partial charge in [-0.05, 0) is 13.3 Å². The van der Waals surface area contributed by atoms with E-state index in [0.717, 1.165) is 32.1 Å². The molecule has 0 aromatic rings. The molecule has 0 heterocycles. The van der Waals surface area contributed by atoms with E-state index in [1.807, 2.05) is 6.92 Å². The zero-order chi connectivity index (χ0) is 13.3. The van der Waals surface area contributed by atoms with Crippen LogP contribution in [-0.2, 0) is 13.3 Å². The summed E-state index contributed by atoms with van der Waals surface area (Å²) in [6.45, 7) is 6.69. The fourth-order valence-electron chi connectivity index (χ4n) is 1.70. The Bertz CT molecular complexity index is 185. The van der Waals surface area contributed by atoms with Crippen molar-refractivity contribution in [3.8, 4) is 0 Å². The van der Waals surface area contributed by atoms with Gasteiger partial charge in [0.25, 0.3) is 0 Å². The highest BCUT2D eigenvalue weighted by Gasteiger charge is 2.37. The van der Waals surface area contributed by atoms with Gasteiger partial charge >= 0.3 is 8.80 Å². The number of hydrogen-bond acceptors (Lipinski definition) is 6. The molecule has 104 valence electrons. The van der Waals surface area contributed by atoms with Gasteiger partial charge in [0.2, 0.25) is 0 Å². The van der Waals surface area contributed by atoms with Crippen molar-refractivity contribution in [1.29, 1.82) is 0 Å². The Morgan fingerprint density at radius 2 is 1.53 bits per heavy atom. The maximum Gasteiger partial charge on any atom is 0.500 e. The van der Waals surface area contributed by atoms with E-state index in [0.29, 0.717) is 0 Å². The molecule has 2 N–H and O–H groups in total. The van der Waals surface area contributed by atoms with Crippen molar-refractivity contribution in [2.75, 3.05) is 41.0 Å². The third kappa shape index (κ3) is 5.43. The summed E-state index contributed by atoms with van der Waals surface area (Å²) in [5.41, 5.74) is 0. The van der Waals surface area contributed by atoms with Crippen LogP contribution in [0.15, 0.2) is 0 Å². The first-order chi connectivity index (χ1) is 8.09. The van der Waals surface area contributed by atoms with Crippen LogP contribution in [-0.4, -0.2) is 59.9 Å². The molecular weight excluding hydrogens is 238 g/mol. The second-order valence-corrected chi connectivity index (χ2v) is 6.79. The van der Waals surface area contributed by atoms with E-state index in [1.165, 1.54) is 0 Å². The molecule has 0 saturated heterocycles. The molecule has 0 fully saturated rings. The van der Waals surface area contributed by atoms with Crippen LogP contribution >= 0.6 is 0 Å². The minimum atomic E-state index is -2.43. The van der Waals surface area contributed by atoms with Gasteiger partial charge in [-0.25, -0.2) is 5.01 Å². The average molecular weight is 265 g/mol. The van der Waals surface area contributed by atoms with E-state index in [4.69, 9.17) is 19.1 Å². The van der Waals surface area contributed by atoms with Gasteiger partial charge in [0.05, 0.1) is 0 Å². The summed E-state index contributed by atoms with van der Waals surface area (Å²) < 4.78 is 16.1. The molecule has 0 aliphatic rings. The fraction of sp³-hybridized carbons (Fsp3) is 1.00.